The Morgan fingerprint density at radius 1 is 0.909 bits per heavy atom. The van der Waals surface area contributed by atoms with Crippen molar-refractivity contribution in [2.24, 2.45) is 5.73 Å². The molecule has 0 saturated carbocycles. The van der Waals surface area contributed by atoms with E-state index >= 15 is 0 Å². The van der Waals surface area contributed by atoms with E-state index in [1.165, 1.54) is 15.9 Å². The highest BCUT2D eigenvalue weighted by molar-refractivity contribution is 6.08. The summed E-state index contributed by atoms with van der Waals surface area (Å²) < 4.78 is 0. The number of hydrogen-bond acceptors (Lipinski definition) is 5. The van der Waals surface area contributed by atoms with Crippen LogP contribution in [-0.2, 0) is 14.4 Å². The van der Waals surface area contributed by atoms with Crippen LogP contribution in [0.4, 0.5) is 5.69 Å². The van der Waals surface area contributed by atoms with Crippen LogP contribution in [0, 0.1) is 5.41 Å². The molecule has 5 N–H and O–H groups in total. The molecular weight excluding hydrogens is 558 g/mol. The first kappa shape index (κ1) is 30.0. The second-order valence-electron chi connectivity index (χ2n) is 10.8. The molecule has 1 aliphatic rings. The molecule has 1 aliphatic heterocycles. The van der Waals surface area contributed by atoms with E-state index in [1.54, 1.807) is 67.6 Å². The Bertz CT molecular complexity index is 1740. The number of fused-ring (bicyclic) bond motifs is 1. The van der Waals surface area contributed by atoms with Crippen molar-refractivity contribution in [2.45, 2.75) is 37.9 Å². The van der Waals surface area contributed by atoms with E-state index < -0.39 is 41.8 Å². The normalized spacial score (nSPS) is 15.8. The summed E-state index contributed by atoms with van der Waals surface area (Å²) in [5.74, 6) is -2.93. The maximum atomic E-state index is 14.7. The van der Waals surface area contributed by atoms with Gasteiger partial charge in [-0.1, -0.05) is 72.8 Å². The number of nitrogens with zero attached hydrogens (tertiary/aromatic N) is 2. The van der Waals surface area contributed by atoms with E-state index in [1.807, 2.05) is 30.3 Å². The molecule has 5 rings (SSSR count). The highest BCUT2D eigenvalue weighted by atomic mass is 16.4. The minimum Gasteiger partial charge on any atom is -0.480 e. The SMILES string of the molecule is C[C@H](C(=O)N1CCC[C@@H]1C(=O)O)N(C(=O)[C@H](NC(=O)c1cccc(C(=N)N)c1)c1ccccc1)c1ccc2ccccc2c1. The highest BCUT2D eigenvalue weighted by Gasteiger charge is 2.41. The number of hydrogen-bond donors (Lipinski definition) is 4. The molecule has 1 heterocycles. The van der Waals surface area contributed by atoms with Crippen molar-refractivity contribution in [3.8, 4) is 0 Å². The third kappa shape index (κ3) is 6.14. The van der Waals surface area contributed by atoms with Crippen LogP contribution in [0.3, 0.4) is 0 Å². The number of rotatable bonds is 9. The van der Waals surface area contributed by atoms with Gasteiger partial charge in [0, 0.05) is 23.4 Å². The quantitative estimate of drug-likeness (QED) is 0.170. The average molecular weight is 592 g/mol. The molecule has 4 aromatic rings. The Labute approximate surface area is 254 Å². The van der Waals surface area contributed by atoms with Gasteiger partial charge in [-0.3, -0.25) is 24.7 Å². The van der Waals surface area contributed by atoms with Crippen LogP contribution >= 0.6 is 0 Å². The fourth-order valence-electron chi connectivity index (χ4n) is 5.62. The van der Waals surface area contributed by atoms with Gasteiger partial charge in [0.2, 0.25) is 5.91 Å². The second kappa shape index (κ2) is 12.8. The lowest BCUT2D eigenvalue weighted by Crippen LogP contribution is -2.54. The van der Waals surface area contributed by atoms with Crippen molar-refractivity contribution in [2.75, 3.05) is 11.4 Å². The number of nitrogens with one attached hydrogen (secondary N) is 2. The van der Waals surface area contributed by atoms with Crippen LogP contribution in [0.15, 0.2) is 97.1 Å². The van der Waals surface area contributed by atoms with Gasteiger partial charge < -0.3 is 21.1 Å². The zero-order valence-corrected chi connectivity index (χ0v) is 24.1. The average Bonchev–Trinajstić information content (AvgIpc) is 3.54. The van der Waals surface area contributed by atoms with Crippen molar-refractivity contribution in [3.05, 3.63) is 114 Å². The number of nitrogens with two attached hydrogens (primary N) is 1. The number of aliphatic carboxylic acids is 1. The maximum absolute atomic E-state index is 14.7. The topological polar surface area (TPSA) is 157 Å². The molecule has 44 heavy (non-hydrogen) atoms. The lowest BCUT2D eigenvalue weighted by Gasteiger charge is -2.35. The number of anilines is 1. The van der Waals surface area contributed by atoms with Crippen LogP contribution in [0.25, 0.3) is 10.8 Å². The zero-order chi connectivity index (χ0) is 31.4. The predicted molar refractivity (Wildman–Crippen MR) is 167 cm³/mol. The molecule has 3 atom stereocenters. The van der Waals surface area contributed by atoms with Gasteiger partial charge in [0.1, 0.15) is 24.0 Å². The Morgan fingerprint density at radius 3 is 2.30 bits per heavy atom. The smallest absolute Gasteiger partial charge is 0.326 e. The number of carboxylic acids is 1. The minimum atomic E-state index is -1.21. The first-order valence-electron chi connectivity index (χ1n) is 14.3. The third-order valence-corrected chi connectivity index (χ3v) is 7.91. The van der Waals surface area contributed by atoms with Crippen molar-refractivity contribution >= 4 is 46.0 Å². The molecule has 10 heteroatoms. The van der Waals surface area contributed by atoms with E-state index in [0.717, 1.165) is 10.8 Å². The Hall–Kier alpha value is -5.51. The lowest BCUT2D eigenvalue weighted by molar-refractivity contribution is -0.148. The van der Waals surface area contributed by atoms with Crippen LogP contribution < -0.4 is 16.0 Å². The maximum Gasteiger partial charge on any atom is 0.326 e. The monoisotopic (exact) mass is 591 g/mol. The molecule has 0 aromatic heterocycles. The highest BCUT2D eigenvalue weighted by Crippen LogP contribution is 2.29. The molecule has 0 bridgehead atoms. The largest absolute Gasteiger partial charge is 0.480 e. The van der Waals surface area contributed by atoms with Crippen LogP contribution in [0.2, 0.25) is 0 Å². The summed E-state index contributed by atoms with van der Waals surface area (Å²) in [6.07, 6.45) is 0.876. The molecular formula is C34H33N5O5. The van der Waals surface area contributed by atoms with Gasteiger partial charge in [-0.15, -0.1) is 0 Å². The molecule has 0 aliphatic carbocycles. The van der Waals surface area contributed by atoms with Gasteiger partial charge in [0.25, 0.3) is 11.8 Å². The van der Waals surface area contributed by atoms with Crippen LogP contribution in [-0.4, -0.2) is 58.2 Å². The van der Waals surface area contributed by atoms with Crippen LogP contribution in [0.1, 0.15) is 47.3 Å². The third-order valence-electron chi connectivity index (χ3n) is 7.91. The summed E-state index contributed by atoms with van der Waals surface area (Å²) >= 11 is 0. The Morgan fingerprint density at radius 2 is 1.59 bits per heavy atom. The minimum absolute atomic E-state index is 0.202. The van der Waals surface area contributed by atoms with Gasteiger partial charge in [-0.2, -0.15) is 0 Å². The Balaban J connectivity index is 1.57. The van der Waals surface area contributed by atoms with Crippen molar-refractivity contribution < 1.29 is 24.3 Å². The van der Waals surface area contributed by atoms with Crippen molar-refractivity contribution in [1.29, 1.82) is 5.41 Å². The Kier molecular flexibility index (Phi) is 8.71. The van der Waals surface area contributed by atoms with Crippen LogP contribution in [0.5, 0.6) is 0 Å². The van der Waals surface area contributed by atoms with E-state index in [0.29, 0.717) is 29.7 Å². The number of amides is 3. The molecule has 0 unspecified atom stereocenters. The number of carbonyl (C=O) groups excluding carboxylic acids is 3. The first-order valence-corrected chi connectivity index (χ1v) is 14.3. The summed E-state index contributed by atoms with van der Waals surface area (Å²) in [5.41, 5.74) is 7.10. The van der Waals surface area contributed by atoms with Gasteiger partial charge in [0.15, 0.2) is 0 Å². The van der Waals surface area contributed by atoms with Gasteiger partial charge in [-0.25, -0.2) is 4.79 Å². The van der Waals surface area contributed by atoms with Gasteiger partial charge in [-0.05, 0) is 60.4 Å². The van der Waals surface area contributed by atoms with Gasteiger partial charge in [0.05, 0.1) is 0 Å². The standard InChI is InChI=1S/C34H33N5O5/c1-21(32(41)38-18-8-15-28(38)34(43)44)39(27-17-16-22-9-5-6-12-24(22)20-27)33(42)29(23-10-3-2-4-11-23)37-31(40)26-14-7-13-25(19-26)30(35)36/h2-7,9-14,16-17,19-21,28-29H,8,15,18H2,1H3,(H3,35,36)(H,37,40)(H,43,44)/t21-,28-,29-/m1/s1. The van der Waals surface area contributed by atoms with Gasteiger partial charge >= 0.3 is 5.97 Å². The summed E-state index contributed by atoms with van der Waals surface area (Å²) in [5, 5.41) is 22.1. The van der Waals surface area contributed by atoms with Crippen molar-refractivity contribution in [3.63, 3.8) is 0 Å². The molecule has 4 aromatic carbocycles. The molecule has 224 valence electrons. The zero-order valence-electron chi connectivity index (χ0n) is 24.1. The molecule has 0 spiro atoms. The number of likely N-dealkylation sites (tertiary alicyclic amines) is 1. The number of amidine groups is 1. The first-order chi connectivity index (χ1) is 21.2. The number of benzene rings is 4. The molecule has 1 saturated heterocycles. The summed E-state index contributed by atoms with van der Waals surface area (Å²) in [4.78, 5) is 56.7. The fourth-order valence-corrected chi connectivity index (χ4v) is 5.62. The summed E-state index contributed by atoms with van der Waals surface area (Å²) in [6.45, 7) is 1.85. The summed E-state index contributed by atoms with van der Waals surface area (Å²) in [7, 11) is 0. The van der Waals surface area contributed by atoms with E-state index in [-0.39, 0.29) is 17.9 Å². The number of carboxylic acid groups (broad SMARTS) is 1. The van der Waals surface area contributed by atoms with Crippen molar-refractivity contribution in [1.82, 2.24) is 10.2 Å². The van der Waals surface area contributed by atoms with E-state index in [9.17, 15) is 24.3 Å². The predicted octanol–water partition coefficient (Wildman–Crippen LogP) is 4.09. The molecule has 10 nitrogen and oxygen atoms in total. The number of nitrogen functional groups attached to an aromatic ring is 1. The molecule has 1 fully saturated rings. The second-order valence-corrected chi connectivity index (χ2v) is 10.8. The molecule has 0 radical (unpaired) electrons. The molecule has 3 amide bonds. The fraction of sp³-hybridized carbons (Fsp3) is 0.206. The van der Waals surface area contributed by atoms with E-state index in [4.69, 9.17) is 11.1 Å². The summed E-state index contributed by atoms with van der Waals surface area (Å²) in [6, 6.07) is 24.6. The van der Waals surface area contributed by atoms with E-state index in [2.05, 4.69) is 5.32 Å². The lowest BCUT2D eigenvalue weighted by atomic mass is 10.0. The number of carbonyl (C=O) groups is 4.